The molecular formula is C35H50N4O5. The van der Waals surface area contributed by atoms with Gasteiger partial charge in [0.1, 0.15) is 17.7 Å². The molecule has 0 aromatic heterocycles. The molecule has 1 heterocycles. The van der Waals surface area contributed by atoms with Gasteiger partial charge in [0.15, 0.2) is 5.78 Å². The molecule has 9 nitrogen and oxygen atoms in total. The Kier molecular flexibility index (Phi) is 13.1. The molecule has 2 aromatic carbocycles. The Bertz CT molecular complexity index is 1230. The number of rotatable bonds is 18. The van der Waals surface area contributed by atoms with E-state index in [1.165, 1.54) is 0 Å². The Labute approximate surface area is 262 Å². The largest absolute Gasteiger partial charge is 0.361 e. The van der Waals surface area contributed by atoms with Crippen LogP contribution in [0, 0.1) is 11.8 Å². The molecule has 1 saturated heterocycles. The number of ketones is 1. The number of ether oxygens (including phenoxy) is 1. The second-order valence-electron chi connectivity index (χ2n) is 12.9. The average molecular weight is 607 g/mol. The number of benzene rings is 2. The Hall–Kier alpha value is -3.56. The predicted octanol–water partition coefficient (Wildman–Crippen LogP) is 3.35. The summed E-state index contributed by atoms with van der Waals surface area (Å²) in [4.78, 5) is 54.1. The number of aryl methyl sites for hydroxylation is 1. The highest BCUT2D eigenvalue weighted by atomic mass is 16.6. The van der Waals surface area contributed by atoms with Crippen molar-refractivity contribution in [3.63, 3.8) is 0 Å². The molecule has 5 unspecified atom stereocenters. The van der Waals surface area contributed by atoms with Crippen LogP contribution in [0.15, 0.2) is 60.7 Å². The van der Waals surface area contributed by atoms with Crippen LogP contribution in [-0.4, -0.2) is 66.9 Å². The lowest BCUT2D eigenvalue weighted by molar-refractivity contribution is -0.134. The van der Waals surface area contributed by atoms with Gasteiger partial charge >= 0.3 is 0 Å². The van der Waals surface area contributed by atoms with Gasteiger partial charge < -0.3 is 26.0 Å². The molecule has 0 bridgehead atoms. The van der Waals surface area contributed by atoms with E-state index in [1.54, 1.807) is 14.0 Å². The van der Waals surface area contributed by atoms with Gasteiger partial charge in [0.25, 0.3) is 0 Å². The second-order valence-corrected chi connectivity index (χ2v) is 12.9. The number of likely N-dealkylation sites (N-methyl/N-ethyl adjacent to an activating group) is 1. The van der Waals surface area contributed by atoms with Crippen LogP contribution in [0.4, 0.5) is 0 Å². The summed E-state index contributed by atoms with van der Waals surface area (Å²) in [5.41, 5.74) is 1.10. The van der Waals surface area contributed by atoms with E-state index < -0.39 is 41.6 Å². The van der Waals surface area contributed by atoms with Crippen molar-refractivity contribution < 1.29 is 23.9 Å². The van der Waals surface area contributed by atoms with E-state index in [1.807, 2.05) is 88.4 Å². The Morgan fingerprint density at radius 1 is 0.705 bits per heavy atom. The van der Waals surface area contributed by atoms with E-state index in [2.05, 4.69) is 21.3 Å². The van der Waals surface area contributed by atoms with Gasteiger partial charge in [-0.1, -0.05) is 88.4 Å². The highest BCUT2D eigenvalue weighted by Crippen LogP contribution is 2.29. The minimum Gasteiger partial charge on any atom is -0.361 e. The van der Waals surface area contributed by atoms with Crippen molar-refractivity contribution in [3.8, 4) is 0 Å². The zero-order chi connectivity index (χ0) is 32.3. The van der Waals surface area contributed by atoms with Crippen molar-refractivity contribution in [1.29, 1.82) is 0 Å². The summed E-state index contributed by atoms with van der Waals surface area (Å²) in [6, 6.07) is 16.3. The first-order valence-corrected chi connectivity index (χ1v) is 15.8. The Balaban J connectivity index is 1.76. The van der Waals surface area contributed by atoms with Gasteiger partial charge in [-0.25, -0.2) is 0 Å². The van der Waals surface area contributed by atoms with Crippen LogP contribution < -0.4 is 21.3 Å². The highest BCUT2D eigenvalue weighted by Gasteiger charge is 2.50. The first-order chi connectivity index (χ1) is 20.9. The number of amides is 3. The molecule has 0 radical (unpaired) electrons. The molecule has 4 N–H and O–H groups in total. The van der Waals surface area contributed by atoms with E-state index in [0.717, 1.165) is 11.1 Å². The third kappa shape index (κ3) is 10.9. The van der Waals surface area contributed by atoms with Crippen LogP contribution in [0.3, 0.4) is 0 Å². The normalized spacial score (nSPS) is 18.6. The van der Waals surface area contributed by atoms with Gasteiger partial charge in [-0.2, -0.15) is 0 Å². The van der Waals surface area contributed by atoms with Crippen LogP contribution in [0.25, 0.3) is 0 Å². The Morgan fingerprint density at radius 3 is 1.68 bits per heavy atom. The van der Waals surface area contributed by atoms with Gasteiger partial charge in [-0.05, 0) is 62.6 Å². The molecule has 1 aliphatic rings. The summed E-state index contributed by atoms with van der Waals surface area (Å²) >= 11 is 0. The standard InChI is InChI=1S/C35H50N4O5/c1-23(2)19-28(31(40)35(5)22-44-35)37-34(43)30(21-26-15-11-8-12-16-26)39-33(42)29(20-24(3)4)38-32(41)27(36-6)18-17-25-13-9-7-10-14-25/h7-16,23-24,27-30,36H,17-22H2,1-6H3,(H,37,43)(H,38,41)(H,39,42). The van der Waals surface area contributed by atoms with Crippen molar-refractivity contribution in [1.82, 2.24) is 21.3 Å². The summed E-state index contributed by atoms with van der Waals surface area (Å²) in [6.07, 6.45) is 2.36. The first kappa shape index (κ1) is 34.9. The van der Waals surface area contributed by atoms with Crippen LogP contribution >= 0.6 is 0 Å². The monoisotopic (exact) mass is 606 g/mol. The summed E-state index contributed by atoms with van der Waals surface area (Å²) < 4.78 is 5.38. The lowest BCUT2D eigenvalue weighted by Gasteiger charge is -2.28. The SMILES string of the molecule is CNC(CCc1ccccc1)C(=O)NC(CC(C)C)C(=O)NC(Cc1ccccc1)C(=O)NC(CC(C)C)C(=O)C1(C)CO1. The molecule has 0 spiro atoms. The molecule has 1 fully saturated rings. The van der Waals surface area contributed by atoms with Crippen molar-refractivity contribution in [2.24, 2.45) is 11.8 Å². The van der Waals surface area contributed by atoms with Crippen molar-refractivity contribution in [2.75, 3.05) is 13.7 Å². The predicted molar refractivity (Wildman–Crippen MR) is 172 cm³/mol. The van der Waals surface area contributed by atoms with Crippen LogP contribution in [0.2, 0.25) is 0 Å². The molecule has 3 amide bonds. The number of carbonyl (C=O) groups is 4. The summed E-state index contributed by atoms with van der Waals surface area (Å²) in [5, 5.41) is 11.9. The number of epoxide rings is 1. The fourth-order valence-corrected chi connectivity index (χ4v) is 5.26. The molecule has 44 heavy (non-hydrogen) atoms. The van der Waals surface area contributed by atoms with Crippen LogP contribution in [0.5, 0.6) is 0 Å². The average Bonchev–Trinajstić information content (AvgIpc) is 3.74. The molecule has 2 aromatic rings. The third-order valence-electron chi connectivity index (χ3n) is 7.92. The Morgan fingerprint density at radius 2 is 1.16 bits per heavy atom. The number of carbonyl (C=O) groups excluding carboxylic acids is 4. The summed E-state index contributed by atoms with van der Waals surface area (Å²) in [7, 11) is 1.73. The quantitative estimate of drug-likeness (QED) is 0.193. The van der Waals surface area contributed by atoms with Gasteiger partial charge in [-0.15, -0.1) is 0 Å². The maximum Gasteiger partial charge on any atom is 0.243 e. The van der Waals surface area contributed by atoms with Crippen LogP contribution in [0.1, 0.15) is 65.0 Å². The van der Waals surface area contributed by atoms with Crippen molar-refractivity contribution in [3.05, 3.63) is 71.8 Å². The number of hydrogen-bond acceptors (Lipinski definition) is 6. The van der Waals surface area contributed by atoms with Crippen molar-refractivity contribution in [2.45, 2.75) is 96.5 Å². The molecule has 3 rings (SSSR count). The molecule has 1 aliphatic heterocycles. The van der Waals surface area contributed by atoms with E-state index >= 15 is 0 Å². The molecular weight excluding hydrogens is 556 g/mol. The lowest BCUT2D eigenvalue weighted by atomic mass is 9.93. The fraction of sp³-hybridized carbons (Fsp3) is 0.543. The zero-order valence-corrected chi connectivity index (χ0v) is 27.0. The van der Waals surface area contributed by atoms with Gasteiger partial charge in [0, 0.05) is 6.42 Å². The minimum absolute atomic E-state index is 0.108. The van der Waals surface area contributed by atoms with Crippen molar-refractivity contribution >= 4 is 23.5 Å². The highest BCUT2D eigenvalue weighted by molar-refractivity contribution is 5.98. The molecule has 5 atom stereocenters. The lowest BCUT2D eigenvalue weighted by Crippen LogP contribution is -2.58. The molecule has 0 aliphatic carbocycles. The summed E-state index contributed by atoms with van der Waals surface area (Å²) in [6.45, 7) is 10.0. The molecule has 0 saturated carbocycles. The smallest absolute Gasteiger partial charge is 0.243 e. The van der Waals surface area contributed by atoms with Gasteiger partial charge in [-0.3, -0.25) is 19.2 Å². The van der Waals surface area contributed by atoms with E-state index in [-0.39, 0.29) is 29.9 Å². The number of hydrogen-bond donors (Lipinski definition) is 4. The molecule has 9 heteroatoms. The fourth-order valence-electron chi connectivity index (χ4n) is 5.26. The maximum atomic E-state index is 13.8. The van der Waals surface area contributed by atoms with Gasteiger partial charge in [0.2, 0.25) is 17.7 Å². The summed E-state index contributed by atoms with van der Waals surface area (Å²) in [5.74, 6) is -1.06. The second kappa shape index (κ2) is 16.5. The molecule has 240 valence electrons. The number of nitrogens with one attached hydrogen (secondary N) is 4. The number of Topliss-reactive ketones (excluding diaryl/α,β-unsaturated/α-hetero) is 1. The topological polar surface area (TPSA) is 129 Å². The maximum absolute atomic E-state index is 13.8. The van der Waals surface area contributed by atoms with E-state index in [0.29, 0.717) is 32.3 Å². The van der Waals surface area contributed by atoms with Gasteiger partial charge in [0.05, 0.1) is 18.7 Å². The van der Waals surface area contributed by atoms with E-state index in [9.17, 15) is 19.2 Å². The van der Waals surface area contributed by atoms with Crippen LogP contribution in [-0.2, 0) is 36.8 Å². The first-order valence-electron chi connectivity index (χ1n) is 15.8. The zero-order valence-electron chi connectivity index (χ0n) is 27.0. The third-order valence-corrected chi connectivity index (χ3v) is 7.92. The van der Waals surface area contributed by atoms with E-state index in [4.69, 9.17) is 4.74 Å². The minimum atomic E-state index is -0.954.